The number of nitrogens with one attached hydrogen (secondary N) is 1. The first kappa shape index (κ1) is 15.9. The fourth-order valence-corrected chi connectivity index (χ4v) is 5.82. The number of hydrogen-bond acceptors (Lipinski definition) is 2. The molecule has 0 radical (unpaired) electrons. The van der Waals surface area contributed by atoms with Gasteiger partial charge in [0.1, 0.15) is 11.6 Å². The van der Waals surface area contributed by atoms with Crippen LogP contribution in [0.1, 0.15) is 45.4 Å². The SMILES string of the molecule is CC(NC(=O)COc1ccc(F)cc1)C12CC3CC(CC(C3)C1)C2. The molecule has 130 valence electrons. The number of ether oxygens (including phenoxy) is 1. The van der Waals surface area contributed by atoms with Gasteiger partial charge in [-0.1, -0.05) is 0 Å². The van der Waals surface area contributed by atoms with E-state index >= 15 is 0 Å². The molecule has 1 aromatic rings. The van der Waals surface area contributed by atoms with Crippen molar-refractivity contribution in [3.05, 3.63) is 30.1 Å². The molecule has 4 aliphatic carbocycles. The van der Waals surface area contributed by atoms with E-state index in [1.165, 1.54) is 50.7 Å². The summed E-state index contributed by atoms with van der Waals surface area (Å²) in [6.07, 6.45) is 8.06. The average Bonchev–Trinajstić information content (AvgIpc) is 2.53. The molecule has 5 rings (SSSR count). The van der Waals surface area contributed by atoms with Crippen LogP contribution in [0.3, 0.4) is 0 Å². The summed E-state index contributed by atoms with van der Waals surface area (Å²) in [5, 5.41) is 3.18. The Kier molecular flexibility index (Phi) is 4.01. The topological polar surface area (TPSA) is 38.3 Å². The van der Waals surface area contributed by atoms with Crippen molar-refractivity contribution in [3.63, 3.8) is 0 Å². The maximum Gasteiger partial charge on any atom is 0.258 e. The van der Waals surface area contributed by atoms with E-state index in [1.807, 2.05) is 0 Å². The van der Waals surface area contributed by atoms with E-state index in [4.69, 9.17) is 4.74 Å². The lowest BCUT2D eigenvalue weighted by Crippen LogP contribution is -2.56. The van der Waals surface area contributed by atoms with Gasteiger partial charge in [-0.3, -0.25) is 4.79 Å². The molecular formula is C20H26FNO2. The smallest absolute Gasteiger partial charge is 0.258 e. The highest BCUT2D eigenvalue weighted by Crippen LogP contribution is 2.61. The Balaban J connectivity index is 1.33. The van der Waals surface area contributed by atoms with Crippen LogP contribution in [0.5, 0.6) is 5.75 Å². The third-order valence-electron chi connectivity index (χ3n) is 6.57. The lowest BCUT2D eigenvalue weighted by atomic mass is 9.48. The molecule has 4 saturated carbocycles. The van der Waals surface area contributed by atoms with Crippen LogP contribution in [0.25, 0.3) is 0 Å². The molecule has 1 amide bonds. The molecule has 4 aliphatic rings. The predicted octanol–water partition coefficient (Wildman–Crippen LogP) is 3.93. The molecule has 1 N–H and O–H groups in total. The van der Waals surface area contributed by atoms with E-state index in [0.29, 0.717) is 11.2 Å². The molecule has 4 bridgehead atoms. The van der Waals surface area contributed by atoms with E-state index in [2.05, 4.69) is 12.2 Å². The first-order valence-electron chi connectivity index (χ1n) is 9.20. The van der Waals surface area contributed by atoms with Crippen molar-refractivity contribution in [3.8, 4) is 5.75 Å². The van der Waals surface area contributed by atoms with Crippen LogP contribution in [-0.2, 0) is 4.79 Å². The van der Waals surface area contributed by atoms with Crippen molar-refractivity contribution in [2.75, 3.05) is 6.61 Å². The Labute approximate surface area is 143 Å². The second-order valence-corrected chi connectivity index (χ2v) is 8.31. The second kappa shape index (κ2) is 6.05. The number of carbonyl (C=O) groups is 1. The molecule has 1 unspecified atom stereocenters. The van der Waals surface area contributed by atoms with Crippen LogP contribution >= 0.6 is 0 Å². The summed E-state index contributed by atoms with van der Waals surface area (Å²) in [4.78, 5) is 12.3. The second-order valence-electron chi connectivity index (χ2n) is 8.31. The third kappa shape index (κ3) is 3.03. The van der Waals surface area contributed by atoms with Crippen molar-refractivity contribution in [2.45, 2.75) is 51.5 Å². The molecule has 0 aromatic heterocycles. The highest BCUT2D eigenvalue weighted by atomic mass is 19.1. The largest absolute Gasteiger partial charge is 0.484 e. The minimum atomic E-state index is -0.303. The van der Waals surface area contributed by atoms with E-state index in [1.54, 1.807) is 12.1 Å². The van der Waals surface area contributed by atoms with E-state index in [9.17, 15) is 9.18 Å². The van der Waals surface area contributed by atoms with Crippen molar-refractivity contribution in [2.24, 2.45) is 23.2 Å². The van der Waals surface area contributed by atoms with Crippen molar-refractivity contribution in [1.29, 1.82) is 0 Å². The third-order valence-corrected chi connectivity index (χ3v) is 6.57. The number of amides is 1. The molecule has 0 spiro atoms. The van der Waals surface area contributed by atoms with Gasteiger partial charge in [0.05, 0.1) is 0 Å². The van der Waals surface area contributed by atoms with Gasteiger partial charge in [0.15, 0.2) is 6.61 Å². The molecule has 1 atom stereocenters. The van der Waals surface area contributed by atoms with Crippen molar-refractivity contribution in [1.82, 2.24) is 5.32 Å². The number of carbonyl (C=O) groups excluding carboxylic acids is 1. The van der Waals surface area contributed by atoms with Gasteiger partial charge >= 0.3 is 0 Å². The van der Waals surface area contributed by atoms with Crippen LogP contribution < -0.4 is 10.1 Å². The summed E-state index contributed by atoms with van der Waals surface area (Å²) in [6.45, 7) is 2.16. The quantitative estimate of drug-likeness (QED) is 0.888. The van der Waals surface area contributed by atoms with Crippen LogP contribution in [0.2, 0.25) is 0 Å². The Bertz CT molecular complexity index is 577. The molecule has 0 aliphatic heterocycles. The number of rotatable bonds is 5. The normalized spacial score (nSPS) is 34.8. The van der Waals surface area contributed by atoms with Crippen LogP contribution in [0.4, 0.5) is 4.39 Å². The minimum absolute atomic E-state index is 0.0116. The summed E-state index contributed by atoms with van der Waals surface area (Å²) < 4.78 is 18.3. The van der Waals surface area contributed by atoms with Crippen LogP contribution in [-0.4, -0.2) is 18.6 Å². The Morgan fingerprint density at radius 2 is 1.71 bits per heavy atom. The molecule has 0 heterocycles. The standard InChI is InChI=1S/C20H26FNO2/c1-13(20-9-14-6-15(10-20)8-16(7-14)11-20)22-19(23)12-24-18-4-2-17(21)3-5-18/h2-5,13-16H,6-12H2,1H3,(H,22,23). The van der Waals surface area contributed by atoms with Crippen LogP contribution in [0, 0.1) is 29.0 Å². The molecular weight excluding hydrogens is 305 g/mol. The van der Waals surface area contributed by atoms with E-state index in [-0.39, 0.29) is 24.4 Å². The fourth-order valence-electron chi connectivity index (χ4n) is 5.82. The first-order chi connectivity index (χ1) is 11.5. The highest BCUT2D eigenvalue weighted by Gasteiger charge is 2.53. The molecule has 0 saturated heterocycles. The molecule has 4 fully saturated rings. The van der Waals surface area contributed by atoms with Gasteiger partial charge in [-0.15, -0.1) is 0 Å². The van der Waals surface area contributed by atoms with Gasteiger partial charge in [-0.2, -0.15) is 0 Å². The maximum absolute atomic E-state index is 12.9. The van der Waals surface area contributed by atoms with Gasteiger partial charge < -0.3 is 10.1 Å². The lowest BCUT2D eigenvalue weighted by molar-refractivity contribution is -0.127. The number of hydrogen-bond donors (Lipinski definition) is 1. The Hall–Kier alpha value is -1.58. The van der Waals surface area contributed by atoms with Gasteiger partial charge in [0.2, 0.25) is 0 Å². The molecule has 24 heavy (non-hydrogen) atoms. The van der Waals surface area contributed by atoms with Gasteiger partial charge in [0, 0.05) is 6.04 Å². The zero-order valence-corrected chi connectivity index (χ0v) is 14.3. The van der Waals surface area contributed by atoms with Gasteiger partial charge in [-0.25, -0.2) is 4.39 Å². The average molecular weight is 331 g/mol. The summed E-state index contributed by atoms with van der Waals surface area (Å²) in [7, 11) is 0. The zero-order valence-electron chi connectivity index (χ0n) is 14.3. The first-order valence-corrected chi connectivity index (χ1v) is 9.20. The Morgan fingerprint density at radius 1 is 1.17 bits per heavy atom. The van der Waals surface area contributed by atoms with Gasteiger partial charge in [-0.05, 0) is 92.9 Å². The van der Waals surface area contributed by atoms with E-state index < -0.39 is 0 Å². The number of benzene rings is 1. The predicted molar refractivity (Wildman–Crippen MR) is 90.1 cm³/mol. The molecule has 4 heteroatoms. The summed E-state index contributed by atoms with van der Waals surface area (Å²) >= 11 is 0. The maximum atomic E-state index is 12.9. The minimum Gasteiger partial charge on any atom is -0.484 e. The zero-order chi connectivity index (χ0) is 16.7. The highest BCUT2D eigenvalue weighted by molar-refractivity contribution is 5.77. The Morgan fingerprint density at radius 3 is 2.25 bits per heavy atom. The van der Waals surface area contributed by atoms with E-state index in [0.717, 1.165) is 17.8 Å². The molecule has 3 nitrogen and oxygen atoms in total. The molecule has 1 aromatic carbocycles. The van der Waals surface area contributed by atoms with Crippen LogP contribution in [0.15, 0.2) is 24.3 Å². The van der Waals surface area contributed by atoms with Crippen molar-refractivity contribution < 1.29 is 13.9 Å². The summed E-state index contributed by atoms with van der Waals surface area (Å²) in [5.74, 6) is 2.78. The fraction of sp³-hybridized carbons (Fsp3) is 0.650. The summed E-state index contributed by atoms with van der Waals surface area (Å²) in [6, 6.07) is 5.97. The lowest BCUT2D eigenvalue weighted by Gasteiger charge is -2.59. The summed E-state index contributed by atoms with van der Waals surface area (Å²) in [5.41, 5.74) is 0.306. The van der Waals surface area contributed by atoms with Crippen molar-refractivity contribution >= 4 is 5.91 Å². The monoisotopic (exact) mass is 331 g/mol. The number of halogens is 1. The van der Waals surface area contributed by atoms with Gasteiger partial charge in [0.25, 0.3) is 5.91 Å².